The SMILES string of the molecule is Cc1ccccc1C(O)CCN(CCC(C)C)C1CC1. The van der Waals surface area contributed by atoms with Gasteiger partial charge in [-0.15, -0.1) is 0 Å². The van der Waals surface area contributed by atoms with Gasteiger partial charge in [-0.25, -0.2) is 0 Å². The fraction of sp³-hybridized carbons (Fsp3) is 0.667. The van der Waals surface area contributed by atoms with Crippen molar-refractivity contribution < 1.29 is 5.11 Å². The van der Waals surface area contributed by atoms with Gasteiger partial charge >= 0.3 is 0 Å². The molecule has 1 aliphatic rings. The lowest BCUT2D eigenvalue weighted by Crippen LogP contribution is -2.30. The van der Waals surface area contributed by atoms with E-state index in [-0.39, 0.29) is 6.10 Å². The first-order valence-corrected chi connectivity index (χ1v) is 8.05. The first kappa shape index (κ1) is 15.5. The summed E-state index contributed by atoms with van der Waals surface area (Å²) < 4.78 is 0. The Kier molecular flexibility index (Phi) is 5.62. The van der Waals surface area contributed by atoms with E-state index in [0.717, 1.165) is 30.5 Å². The first-order chi connectivity index (χ1) is 9.58. The minimum atomic E-state index is -0.323. The molecule has 0 saturated heterocycles. The van der Waals surface area contributed by atoms with Crippen molar-refractivity contribution in [3.63, 3.8) is 0 Å². The summed E-state index contributed by atoms with van der Waals surface area (Å²) in [5.74, 6) is 0.762. The molecule has 20 heavy (non-hydrogen) atoms. The molecule has 1 unspecified atom stereocenters. The second-order valence-corrected chi connectivity index (χ2v) is 6.61. The van der Waals surface area contributed by atoms with E-state index in [4.69, 9.17) is 0 Å². The Balaban J connectivity index is 1.84. The quantitative estimate of drug-likeness (QED) is 0.777. The number of hydrogen-bond acceptors (Lipinski definition) is 2. The number of nitrogens with zero attached hydrogens (tertiary/aromatic N) is 1. The lowest BCUT2D eigenvalue weighted by Gasteiger charge is -2.24. The summed E-state index contributed by atoms with van der Waals surface area (Å²) in [4.78, 5) is 2.58. The van der Waals surface area contributed by atoms with E-state index in [9.17, 15) is 5.11 Å². The van der Waals surface area contributed by atoms with Crippen molar-refractivity contribution in [2.45, 2.75) is 58.6 Å². The van der Waals surface area contributed by atoms with Crippen molar-refractivity contribution in [1.29, 1.82) is 0 Å². The van der Waals surface area contributed by atoms with Crippen molar-refractivity contribution in [3.8, 4) is 0 Å². The Morgan fingerprint density at radius 1 is 1.15 bits per heavy atom. The molecule has 0 aromatic heterocycles. The minimum Gasteiger partial charge on any atom is -0.388 e. The van der Waals surface area contributed by atoms with E-state index >= 15 is 0 Å². The third kappa shape index (κ3) is 4.60. The summed E-state index contributed by atoms with van der Waals surface area (Å²) in [6, 6.07) is 8.97. The Morgan fingerprint density at radius 3 is 2.40 bits per heavy atom. The molecule has 112 valence electrons. The van der Waals surface area contributed by atoms with Crippen LogP contribution in [0.5, 0.6) is 0 Å². The molecule has 0 bridgehead atoms. The fourth-order valence-corrected chi connectivity index (χ4v) is 2.74. The van der Waals surface area contributed by atoms with Gasteiger partial charge in [-0.2, -0.15) is 0 Å². The minimum absolute atomic E-state index is 0.323. The van der Waals surface area contributed by atoms with Gasteiger partial charge in [-0.1, -0.05) is 38.1 Å². The van der Waals surface area contributed by atoms with E-state index in [1.54, 1.807) is 0 Å². The predicted octanol–water partition coefficient (Wildman–Crippen LogP) is 3.93. The molecule has 1 atom stereocenters. The summed E-state index contributed by atoms with van der Waals surface area (Å²) in [5.41, 5.74) is 2.28. The van der Waals surface area contributed by atoms with Crippen LogP contribution in [0.2, 0.25) is 0 Å². The maximum Gasteiger partial charge on any atom is 0.0804 e. The van der Waals surface area contributed by atoms with Crippen LogP contribution in [0.4, 0.5) is 0 Å². The van der Waals surface area contributed by atoms with Gasteiger partial charge in [0, 0.05) is 12.6 Å². The number of aliphatic hydroxyl groups excluding tert-OH is 1. The van der Waals surface area contributed by atoms with Crippen molar-refractivity contribution in [2.24, 2.45) is 5.92 Å². The number of rotatable bonds is 8. The Bertz CT molecular complexity index is 412. The van der Waals surface area contributed by atoms with E-state index in [0.29, 0.717) is 0 Å². The van der Waals surface area contributed by atoms with Crippen molar-refractivity contribution in [3.05, 3.63) is 35.4 Å². The molecule has 1 saturated carbocycles. The molecule has 1 aliphatic carbocycles. The van der Waals surface area contributed by atoms with Crippen molar-refractivity contribution in [1.82, 2.24) is 4.90 Å². The molecule has 0 heterocycles. The highest BCUT2D eigenvalue weighted by Crippen LogP contribution is 2.29. The normalized spacial score (nSPS) is 16.9. The van der Waals surface area contributed by atoms with Crippen LogP contribution in [0.15, 0.2) is 24.3 Å². The second kappa shape index (κ2) is 7.24. The summed E-state index contributed by atoms with van der Waals surface area (Å²) in [6.07, 6.45) is 4.48. The van der Waals surface area contributed by atoms with Crippen LogP contribution in [-0.2, 0) is 0 Å². The van der Waals surface area contributed by atoms with Gasteiger partial charge in [0.2, 0.25) is 0 Å². The molecule has 2 rings (SSSR count). The highest BCUT2D eigenvalue weighted by Gasteiger charge is 2.28. The molecule has 0 spiro atoms. The van der Waals surface area contributed by atoms with Crippen molar-refractivity contribution >= 4 is 0 Å². The maximum absolute atomic E-state index is 10.4. The fourth-order valence-electron chi connectivity index (χ4n) is 2.74. The molecule has 0 aliphatic heterocycles. The number of aliphatic hydroxyl groups is 1. The largest absolute Gasteiger partial charge is 0.388 e. The number of benzene rings is 1. The lowest BCUT2D eigenvalue weighted by molar-refractivity contribution is 0.136. The van der Waals surface area contributed by atoms with E-state index in [1.165, 1.54) is 31.4 Å². The number of hydrogen-bond donors (Lipinski definition) is 1. The molecule has 1 fully saturated rings. The third-order valence-corrected chi connectivity index (χ3v) is 4.29. The molecule has 2 heteroatoms. The van der Waals surface area contributed by atoms with Gasteiger partial charge in [-0.05, 0) is 56.2 Å². The van der Waals surface area contributed by atoms with Crippen LogP contribution in [0, 0.1) is 12.8 Å². The topological polar surface area (TPSA) is 23.5 Å². The summed E-state index contributed by atoms with van der Waals surface area (Å²) in [6.45, 7) is 8.85. The van der Waals surface area contributed by atoms with Crippen LogP contribution in [0.3, 0.4) is 0 Å². The zero-order valence-corrected chi connectivity index (χ0v) is 13.2. The molecule has 0 radical (unpaired) electrons. The average Bonchev–Trinajstić information content (AvgIpc) is 3.23. The molecule has 2 nitrogen and oxygen atoms in total. The van der Waals surface area contributed by atoms with Gasteiger partial charge in [0.05, 0.1) is 6.10 Å². The smallest absolute Gasteiger partial charge is 0.0804 e. The van der Waals surface area contributed by atoms with E-state index in [2.05, 4.69) is 37.8 Å². The molecule has 0 amide bonds. The van der Waals surface area contributed by atoms with Gasteiger partial charge in [0.1, 0.15) is 0 Å². The van der Waals surface area contributed by atoms with Crippen LogP contribution in [-0.4, -0.2) is 29.1 Å². The monoisotopic (exact) mass is 275 g/mol. The highest BCUT2D eigenvalue weighted by atomic mass is 16.3. The van der Waals surface area contributed by atoms with E-state index in [1.807, 2.05) is 12.1 Å². The molecular formula is C18H29NO. The lowest BCUT2D eigenvalue weighted by atomic mass is 10.0. The summed E-state index contributed by atoms with van der Waals surface area (Å²) >= 11 is 0. The number of aryl methyl sites for hydroxylation is 1. The summed E-state index contributed by atoms with van der Waals surface area (Å²) in [7, 11) is 0. The van der Waals surface area contributed by atoms with Crippen LogP contribution in [0.25, 0.3) is 0 Å². The molecule has 1 N–H and O–H groups in total. The van der Waals surface area contributed by atoms with Crippen LogP contribution >= 0.6 is 0 Å². The van der Waals surface area contributed by atoms with Gasteiger partial charge in [0.15, 0.2) is 0 Å². The zero-order chi connectivity index (χ0) is 14.5. The maximum atomic E-state index is 10.4. The second-order valence-electron chi connectivity index (χ2n) is 6.61. The van der Waals surface area contributed by atoms with Gasteiger partial charge in [0.25, 0.3) is 0 Å². The standard InChI is InChI=1S/C18H29NO/c1-14(2)10-12-19(16-8-9-16)13-11-18(20)17-7-5-4-6-15(17)3/h4-7,14,16,18,20H,8-13H2,1-3H3. The Morgan fingerprint density at radius 2 is 1.80 bits per heavy atom. The van der Waals surface area contributed by atoms with Gasteiger partial charge in [-0.3, -0.25) is 0 Å². The van der Waals surface area contributed by atoms with Gasteiger partial charge < -0.3 is 10.0 Å². The Labute approximate surface area is 123 Å². The molecular weight excluding hydrogens is 246 g/mol. The zero-order valence-electron chi connectivity index (χ0n) is 13.2. The van der Waals surface area contributed by atoms with Crippen LogP contribution < -0.4 is 0 Å². The highest BCUT2D eigenvalue weighted by molar-refractivity contribution is 5.27. The van der Waals surface area contributed by atoms with Crippen LogP contribution in [0.1, 0.15) is 56.8 Å². The Hall–Kier alpha value is -0.860. The van der Waals surface area contributed by atoms with Crippen molar-refractivity contribution in [2.75, 3.05) is 13.1 Å². The molecule has 1 aromatic rings. The average molecular weight is 275 g/mol. The molecule has 1 aromatic carbocycles. The summed E-state index contributed by atoms with van der Waals surface area (Å²) in [5, 5.41) is 10.4. The third-order valence-electron chi connectivity index (χ3n) is 4.29. The predicted molar refractivity (Wildman–Crippen MR) is 84.8 cm³/mol. The first-order valence-electron chi connectivity index (χ1n) is 8.05. The van der Waals surface area contributed by atoms with E-state index < -0.39 is 0 Å².